The van der Waals surface area contributed by atoms with Gasteiger partial charge in [-0.15, -0.1) is 0 Å². The first-order chi connectivity index (χ1) is 12.0. The van der Waals surface area contributed by atoms with Gasteiger partial charge in [0.2, 0.25) is 5.91 Å². The molecular formula is C21H25NO3. The normalized spacial score (nSPS) is 10.7. The van der Waals surface area contributed by atoms with Crippen LogP contribution in [0.15, 0.2) is 42.5 Å². The molecule has 0 atom stereocenters. The standard InChI is InChI=1S/C21H25NO3/c1-5-10-25-19-8-6-17(14-20(19)24-4)7-9-21(23)22-18-12-15(2)11-16(3)13-18/h6-9,11-14H,5,10H2,1-4H3,(H,22,23). The summed E-state index contributed by atoms with van der Waals surface area (Å²) in [5, 5.41) is 2.88. The second-order valence-corrected chi connectivity index (χ2v) is 5.96. The molecule has 0 aromatic heterocycles. The van der Waals surface area contributed by atoms with Crippen LogP contribution in [0.25, 0.3) is 6.08 Å². The number of aryl methyl sites for hydroxylation is 2. The Morgan fingerprint density at radius 2 is 1.80 bits per heavy atom. The Kier molecular flexibility index (Phi) is 6.63. The molecule has 0 unspecified atom stereocenters. The summed E-state index contributed by atoms with van der Waals surface area (Å²) in [6.45, 7) is 6.71. The molecule has 4 heteroatoms. The third-order valence-corrected chi connectivity index (χ3v) is 3.57. The lowest BCUT2D eigenvalue weighted by Crippen LogP contribution is -2.08. The van der Waals surface area contributed by atoms with Crippen LogP contribution in [0.4, 0.5) is 5.69 Å². The van der Waals surface area contributed by atoms with Gasteiger partial charge >= 0.3 is 0 Å². The number of rotatable bonds is 7. The summed E-state index contributed by atoms with van der Waals surface area (Å²) >= 11 is 0. The predicted octanol–water partition coefficient (Wildman–Crippen LogP) is 4.75. The van der Waals surface area contributed by atoms with Crippen molar-refractivity contribution in [2.24, 2.45) is 0 Å². The lowest BCUT2D eigenvalue weighted by Gasteiger charge is -2.10. The highest BCUT2D eigenvalue weighted by Gasteiger charge is 2.05. The Labute approximate surface area is 149 Å². The predicted molar refractivity (Wildman–Crippen MR) is 102 cm³/mol. The smallest absolute Gasteiger partial charge is 0.248 e. The maximum atomic E-state index is 12.1. The van der Waals surface area contributed by atoms with Crippen molar-refractivity contribution in [2.75, 3.05) is 19.0 Å². The van der Waals surface area contributed by atoms with Crippen molar-refractivity contribution < 1.29 is 14.3 Å². The van der Waals surface area contributed by atoms with Gasteiger partial charge in [0.25, 0.3) is 0 Å². The Balaban J connectivity index is 2.06. The molecule has 0 fully saturated rings. The number of nitrogens with one attached hydrogen (secondary N) is 1. The molecule has 4 nitrogen and oxygen atoms in total. The van der Waals surface area contributed by atoms with Crippen molar-refractivity contribution in [3.63, 3.8) is 0 Å². The molecule has 1 amide bonds. The fourth-order valence-corrected chi connectivity index (χ4v) is 2.52. The summed E-state index contributed by atoms with van der Waals surface area (Å²) in [6, 6.07) is 11.6. The number of amides is 1. The summed E-state index contributed by atoms with van der Waals surface area (Å²) in [5.74, 6) is 1.20. The summed E-state index contributed by atoms with van der Waals surface area (Å²) in [6.07, 6.45) is 4.20. The van der Waals surface area contributed by atoms with E-state index in [0.29, 0.717) is 18.1 Å². The molecule has 0 bridgehead atoms. The molecule has 0 aliphatic carbocycles. The number of anilines is 1. The molecule has 0 heterocycles. The van der Waals surface area contributed by atoms with Crippen LogP contribution in [-0.2, 0) is 4.79 Å². The lowest BCUT2D eigenvalue weighted by molar-refractivity contribution is -0.111. The lowest BCUT2D eigenvalue weighted by atomic mass is 10.1. The molecule has 0 saturated heterocycles. The van der Waals surface area contributed by atoms with E-state index in [2.05, 4.69) is 18.3 Å². The zero-order valence-electron chi connectivity index (χ0n) is 15.3. The Morgan fingerprint density at radius 3 is 2.44 bits per heavy atom. The highest BCUT2D eigenvalue weighted by atomic mass is 16.5. The molecule has 0 spiro atoms. The average Bonchev–Trinajstić information content (AvgIpc) is 2.57. The first kappa shape index (κ1) is 18.6. The number of ether oxygens (including phenoxy) is 2. The number of carbonyl (C=O) groups excluding carboxylic acids is 1. The van der Waals surface area contributed by atoms with E-state index < -0.39 is 0 Å². The number of carbonyl (C=O) groups is 1. The van der Waals surface area contributed by atoms with E-state index in [4.69, 9.17) is 9.47 Å². The van der Waals surface area contributed by atoms with E-state index in [-0.39, 0.29) is 5.91 Å². The highest BCUT2D eigenvalue weighted by Crippen LogP contribution is 2.28. The molecular weight excluding hydrogens is 314 g/mol. The maximum absolute atomic E-state index is 12.1. The third-order valence-electron chi connectivity index (χ3n) is 3.57. The van der Waals surface area contributed by atoms with Gasteiger partial charge in [-0.3, -0.25) is 4.79 Å². The van der Waals surface area contributed by atoms with Crippen LogP contribution in [0, 0.1) is 13.8 Å². The first-order valence-corrected chi connectivity index (χ1v) is 8.40. The molecule has 0 saturated carbocycles. The van der Waals surface area contributed by atoms with E-state index >= 15 is 0 Å². The summed E-state index contributed by atoms with van der Waals surface area (Å²) < 4.78 is 11.0. The van der Waals surface area contributed by atoms with Gasteiger partial charge < -0.3 is 14.8 Å². The van der Waals surface area contributed by atoms with Gasteiger partial charge in [0, 0.05) is 11.8 Å². The average molecular weight is 339 g/mol. The Bertz CT molecular complexity index is 745. The summed E-state index contributed by atoms with van der Waals surface area (Å²) in [4.78, 5) is 12.1. The van der Waals surface area contributed by atoms with Crippen LogP contribution >= 0.6 is 0 Å². The molecule has 2 rings (SSSR count). The zero-order chi connectivity index (χ0) is 18.2. The summed E-state index contributed by atoms with van der Waals surface area (Å²) in [5.41, 5.74) is 3.91. The van der Waals surface area contributed by atoms with Gasteiger partial charge in [0.1, 0.15) is 0 Å². The van der Waals surface area contributed by atoms with E-state index in [1.54, 1.807) is 13.2 Å². The fraction of sp³-hybridized carbons (Fsp3) is 0.286. The van der Waals surface area contributed by atoms with Crippen molar-refractivity contribution in [1.29, 1.82) is 0 Å². The minimum absolute atomic E-state index is 0.171. The topological polar surface area (TPSA) is 47.6 Å². The Morgan fingerprint density at radius 1 is 1.08 bits per heavy atom. The fourth-order valence-electron chi connectivity index (χ4n) is 2.52. The minimum Gasteiger partial charge on any atom is -0.493 e. The second kappa shape index (κ2) is 8.92. The summed E-state index contributed by atoms with van der Waals surface area (Å²) in [7, 11) is 1.61. The number of hydrogen-bond acceptors (Lipinski definition) is 3. The molecule has 2 aromatic carbocycles. The second-order valence-electron chi connectivity index (χ2n) is 5.96. The highest BCUT2D eigenvalue weighted by molar-refractivity contribution is 6.02. The van der Waals surface area contributed by atoms with Crippen LogP contribution in [0.5, 0.6) is 11.5 Å². The van der Waals surface area contributed by atoms with Gasteiger partial charge in [0.15, 0.2) is 11.5 Å². The number of benzene rings is 2. The number of hydrogen-bond donors (Lipinski definition) is 1. The van der Waals surface area contributed by atoms with Gasteiger partial charge in [0.05, 0.1) is 13.7 Å². The van der Waals surface area contributed by atoms with E-state index in [1.807, 2.05) is 44.2 Å². The maximum Gasteiger partial charge on any atom is 0.248 e. The van der Waals surface area contributed by atoms with Crippen LogP contribution < -0.4 is 14.8 Å². The molecule has 25 heavy (non-hydrogen) atoms. The monoisotopic (exact) mass is 339 g/mol. The van der Waals surface area contributed by atoms with Crippen molar-refractivity contribution in [1.82, 2.24) is 0 Å². The van der Waals surface area contributed by atoms with E-state index in [9.17, 15) is 4.79 Å². The molecule has 2 aromatic rings. The first-order valence-electron chi connectivity index (χ1n) is 8.40. The van der Waals surface area contributed by atoms with Crippen molar-refractivity contribution in [3.8, 4) is 11.5 Å². The molecule has 0 aliphatic rings. The van der Waals surface area contributed by atoms with Crippen LogP contribution in [0.1, 0.15) is 30.0 Å². The Hall–Kier alpha value is -2.75. The van der Waals surface area contributed by atoms with Crippen LogP contribution in [0.3, 0.4) is 0 Å². The van der Waals surface area contributed by atoms with Crippen molar-refractivity contribution in [3.05, 3.63) is 59.2 Å². The van der Waals surface area contributed by atoms with Gasteiger partial charge in [-0.25, -0.2) is 0 Å². The van der Waals surface area contributed by atoms with E-state index in [0.717, 1.165) is 28.8 Å². The molecule has 132 valence electrons. The largest absolute Gasteiger partial charge is 0.493 e. The van der Waals surface area contributed by atoms with Gasteiger partial charge in [-0.2, -0.15) is 0 Å². The zero-order valence-corrected chi connectivity index (χ0v) is 15.3. The van der Waals surface area contributed by atoms with Crippen molar-refractivity contribution >= 4 is 17.7 Å². The van der Waals surface area contributed by atoms with Gasteiger partial charge in [-0.1, -0.05) is 19.1 Å². The third kappa shape index (κ3) is 5.68. The SMILES string of the molecule is CCCOc1ccc(C=CC(=O)Nc2cc(C)cc(C)c2)cc1OC. The minimum atomic E-state index is -0.171. The van der Waals surface area contributed by atoms with Crippen molar-refractivity contribution in [2.45, 2.75) is 27.2 Å². The van der Waals surface area contributed by atoms with Crippen LogP contribution in [0.2, 0.25) is 0 Å². The quantitative estimate of drug-likeness (QED) is 0.740. The van der Waals surface area contributed by atoms with Crippen LogP contribution in [-0.4, -0.2) is 19.6 Å². The molecule has 0 radical (unpaired) electrons. The molecule has 1 N–H and O–H groups in total. The number of methoxy groups -OCH3 is 1. The van der Waals surface area contributed by atoms with E-state index in [1.165, 1.54) is 6.08 Å². The van der Waals surface area contributed by atoms with Gasteiger partial charge in [-0.05, 0) is 67.3 Å². The molecule has 0 aliphatic heterocycles.